The highest BCUT2D eigenvalue weighted by atomic mass is 28.4. The maximum absolute atomic E-state index is 10.2. The van der Waals surface area contributed by atoms with E-state index in [1.165, 1.54) is 0 Å². The van der Waals surface area contributed by atoms with Crippen LogP contribution in [0.4, 0.5) is 0 Å². The molecule has 0 aromatic heterocycles. The van der Waals surface area contributed by atoms with Gasteiger partial charge in [-0.25, -0.2) is 0 Å². The number of hydrogen-bond acceptors (Lipinski definition) is 5. The standard InChI is InChI=1S/C15H30O5Si/c1-14(2,3)21(6,7)18-8-10-12-11(9-17-13(10)16)19-15(4,5)20-12/h10-13,16H,8-9H2,1-7H3/t10-,11-,12+,13?/m1/s1. The smallest absolute Gasteiger partial charge is 0.191 e. The van der Waals surface area contributed by atoms with Crippen molar-refractivity contribution in [2.24, 2.45) is 5.92 Å². The molecule has 2 heterocycles. The summed E-state index contributed by atoms with van der Waals surface area (Å²) in [6.45, 7) is 15.6. The van der Waals surface area contributed by atoms with Gasteiger partial charge in [0.2, 0.25) is 0 Å². The summed E-state index contributed by atoms with van der Waals surface area (Å²) in [7, 11) is -1.86. The molecule has 0 radical (unpaired) electrons. The van der Waals surface area contributed by atoms with Crippen molar-refractivity contribution in [2.75, 3.05) is 13.2 Å². The second-order valence-electron chi connectivity index (χ2n) is 8.10. The lowest BCUT2D eigenvalue weighted by Crippen LogP contribution is -2.52. The molecular weight excluding hydrogens is 288 g/mol. The first-order valence-electron chi connectivity index (χ1n) is 7.72. The van der Waals surface area contributed by atoms with E-state index in [4.69, 9.17) is 18.6 Å². The van der Waals surface area contributed by atoms with Crippen LogP contribution in [0.3, 0.4) is 0 Å². The van der Waals surface area contributed by atoms with Gasteiger partial charge in [-0.15, -0.1) is 0 Å². The molecule has 6 heteroatoms. The zero-order chi connectivity index (χ0) is 16.1. The summed E-state index contributed by atoms with van der Waals surface area (Å²) in [6.07, 6.45) is -1.15. The molecule has 21 heavy (non-hydrogen) atoms. The number of ether oxygens (including phenoxy) is 3. The van der Waals surface area contributed by atoms with E-state index in [1.54, 1.807) is 0 Å². The van der Waals surface area contributed by atoms with Crippen molar-refractivity contribution in [2.45, 2.75) is 77.0 Å². The number of hydrogen-bond donors (Lipinski definition) is 1. The molecule has 2 aliphatic rings. The molecule has 2 rings (SSSR count). The summed E-state index contributed by atoms with van der Waals surface area (Å²) < 4.78 is 23.5. The Kier molecular flexibility index (Phi) is 4.62. The summed E-state index contributed by atoms with van der Waals surface area (Å²) in [5.41, 5.74) is 0. The highest BCUT2D eigenvalue weighted by Gasteiger charge is 2.51. The van der Waals surface area contributed by atoms with Gasteiger partial charge in [-0.1, -0.05) is 20.8 Å². The quantitative estimate of drug-likeness (QED) is 0.810. The lowest BCUT2D eigenvalue weighted by molar-refractivity contribution is -0.211. The van der Waals surface area contributed by atoms with E-state index in [1.807, 2.05) is 13.8 Å². The van der Waals surface area contributed by atoms with Crippen LogP contribution in [0.1, 0.15) is 34.6 Å². The molecular formula is C15H30O5Si. The van der Waals surface area contributed by atoms with Crippen molar-refractivity contribution in [1.82, 2.24) is 0 Å². The van der Waals surface area contributed by atoms with Crippen molar-refractivity contribution in [3.63, 3.8) is 0 Å². The molecule has 0 aromatic rings. The van der Waals surface area contributed by atoms with Crippen LogP contribution in [-0.2, 0) is 18.6 Å². The molecule has 0 saturated carbocycles. The van der Waals surface area contributed by atoms with E-state index in [0.29, 0.717) is 13.2 Å². The molecule has 0 spiro atoms. The van der Waals surface area contributed by atoms with Crippen LogP contribution in [0, 0.1) is 5.92 Å². The van der Waals surface area contributed by atoms with Gasteiger partial charge in [0, 0.05) is 6.61 Å². The van der Waals surface area contributed by atoms with Crippen LogP contribution in [0.15, 0.2) is 0 Å². The molecule has 0 amide bonds. The second kappa shape index (κ2) is 5.58. The topological polar surface area (TPSA) is 57.2 Å². The minimum absolute atomic E-state index is 0.128. The SMILES string of the molecule is CC1(C)O[C@@H]2[C@@H](COC(O)[C@@H]2CO[Si](C)(C)C(C)(C)C)O1. The number of fused-ring (bicyclic) bond motifs is 1. The zero-order valence-corrected chi connectivity index (χ0v) is 15.3. The zero-order valence-electron chi connectivity index (χ0n) is 14.3. The Morgan fingerprint density at radius 3 is 2.43 bits per heavy atom. The van der Waals surface area contributed by atoms with Crippen LogP contribution >= 0.6 is 0 Å². The first-order valence-corrected chi connectivity index (χ1v) is 10.6. The lowest BCUT2D eigenvalue weighted by atomic mass is 9.96. The van der Waals surface area contributed by atoms with E-state index in [2.05, 4.69) is 33.9 Å². The first kappa shape index (κ1) is 17.4. The van der Waals surface area contributed by atoms with Crippen LogP contribution in [0.2, 0.25) is 18.1 Å². The van der Waals surface area contributed by atoms with Gasteiger partial charge >= 0.3 is 0 Å². The van der Waals surface area contributed by atoms with Crippen LogP contribution in [-0.4, -0.2) is 50.9 Å². The molecule has 2 fully saturated rings. The van der Waals surface area contributed by atoms with Gasteiger partial charge in [-0.2, -0.15) is 0 Å². The Bertz CT molecular complexity index is 377. The molecule has 2 saturated heterocycles. The van der Waals surface area contributed by atoms with Gasteiger partial charge < -0.3 is 23.7 Å². The summed E-state index contributed by atoms with van der Waals surface area (Å²) in [6, 6.07) is 0. The third kappa shape index (κ3) is 3.68. The van der Waals surface area contributed by atoms with Crippen LogP contribution in [0.25, 0.3) is 0 Å². The monoisotopic (exact) mass is 318 g/mol. The van der Waals surface area contributed by atoms with Gasteiger partial charge in [0.05, 0.1) is 18.6 Å². The van der Waals surface area contributed by atoms with Crippen molar-refractivity contribution in [3.8, 4) is 0 Å². The number of aliphatic hydroxyl groups excluding tert-OH is 1. The normalized spacial score (nSPS) is 36.6. The third-order valence-electron chi connectivity index (χ3n) is 4.88. The van der Waals surface area contributed by atoms with E-state index >= 15 is 0 Å². The van der Waals surface area contributed by atoms with E-state index in [0.717, 1.165) is 0 Å². The molecule has 124 valence electrons. The molecule has 1 unspecified atom stereocenters. The Morgan fingerprint density at radius 1 is 1.24 bits per heavy atom. The average molecular weight is 318 g/mol. The van der Waals surface area contributed by atoms with Crippen molar-refractivity contribution in [1.29, 1.82) is 0 Å². The summed E-state index contributed by atoms with van der Waals surface area (Å²) in [5.74, 6) is -0.836. The Hall–Kier alpha value is 0.0169. The molecule has 2 aliphatic heterocycles. The fourth-order valence-electron chi connectivity index (χ4n) is 2.53. The van der Waals surface area contributed by atoms with Crippen molar-refractivity contribution in [3.05, 3.63) is 0 Å². The molecule has 0 aliphatic carbocycles. The minimum atomic E-state index is -1.86. The Labute approximate surface area is 129 Å². The molecule has 0 bridgehead atoms. The van der Waals surface area contributed by atoms with E-state index < -0.39 is 20.4 Å². The van der Waals surface area contributed by atoms with Crippen molar-refractivity contribution < 1.29 is 23.7 Å². The van der Waals surface area contributed by atoms with Crippen LogP contribution < -0.4 is 0 Å². The van der Waals surface area contributed by atoms with Gasteiger partial charge in [0.25, 0.3) is 0 Å². The average Bonchev–Trinajstić information content (AvgIpc) is 2.61. The summed E-state index contributed by atoms with van der Waals surface area (Å²) in [4.78, 5) is 0. The van der Waals surface area contributed by atoms with Gasteiger partial charge in [0.1, 0.15) is 6.10 Å². The Balaban J connectivity index is 2.04. The molecule has 1 N–H and O–H groups in total. The first-order chi connectivity index (χ1) is 9.43. The molecule has 0 aromatic carbocycles. The summed E-state index contributed by atoms with van der Waals surface area (Å²) >= 11 is 0. The Morgan fingerprint density at radius 2 is 1.86 bits per heavy atom. The second-order valence-corrected chi connectivity index (χ2v) is 12.9. The van der Waals surface area contributed by atoms with Crippen LogP contribution in [0.5, 0.6) is 0 Å². The highest BCUT2D eigenvalue weighted by molar-refractivity contribution is 6.74. The predicted octanol–water partition coefficient (Wildman–Crippen LogP) is 2.49. The van der Waals surface area contributed by atoms with Gasteiger partial charge in [0.15, 0.2) is 20.4 Å². The van der Waals surface area contributed by atoms with E-state index in [-0.39, 0.29) is 23.2 Å². The fourth-order valence-corrected chi connectivity index (χ4v) is 3.57. The maximum Gasteiger partial charge on any atom is 0.191 e. The summed E-state index contributed by atoms with van der Waals surface area (Å²) in [5, 5.41) is 10.3. The third-order valence-corrected chi connectivity index (χ3v) is 9.38. The van der Waals surface area contributed by atoms with Crippen molar-refractivity contribution >= 4 is 8.32 Å². The molecule has 4 atom stereocenters. The van der Waals surface area contributed by atoms with E-state index in [9.17, 15) is 5.11 Å². The predicted molar refractivity (Wildman–Crippen MR) is 82.4 cm³/mol. The largest absolute Gasteiger partial charge is 0.416 e. The number of rotatable bonds is 3. The minimum Gasteiger partial charge on any atom is -0.416 e. The van der Waals surface area contributed by atoms with Gasteiger partial charge in [-0.3, -0.25) is 0 Å². The van der Waals surface area contributed by atoms with Gasteiger partial charge in [-0.05, 0) is 32.0 Å². The number of aliphatic hydroxyl groups is 1. The fraction of sp³-hybridized carbons (Fsp3) is 1.00. The maximum atomic E-state index is 10.2. The highest BCUT2D eigenvalue weighted by Crippen LogP contribution is 2.40. The lowest BCUT2D eigenvalue weighted by Gasteiger charge is -2.40. The molecule has 5 nitrogen and oxygen atoms in total.